The summed E-state index contributed by atoms with van der Waals surface area (Å²) in [6, 6.07) is 7.45. The van der Waals surface area contributed by atoms with Crippen molar-refractivity contribution in [1.29, 1.82) is 0 Å². The van der Waals surface area contributed by atoms with Crippen molar-refractivity contribution in [2.45, 2.75) is 12.8 Å². The zero-order valence-electron chi connectivity index (χ0n) is 11.3. The number of rotatable bonds is 1. The quantitative estimate of drug-likeness (QED) is 0.580. The summed E-state index contributed by atoms with van der Waals surface area (Å²) in [6.07, 6.45) is 6.77. The Hall–Kier alpha value is -1.42. The summed E-state index contributed by atoms with van der Waals surface area (Å²) in [5.41, 5.74) is 0.960. The molecule has 1 saturated heterocycles. The Morgan fingerprint density at radius 2 is 1.67 bits per heavy atom. The first-order valence-electron chi connectivity index (χ1n) is 7.45. The van der Waals surface area contributed by atoms with Gasteiger partial charge in [-0.25, -0.2) is 4.90 Å². The summed E-state index contributed by atoms with van der Waals surface area (Å²) in [7, 11) is 0. The van der Waals surface area contributed by atoms with E-state index in [1.165, 1.54) is 17.7 Å². The second-order valence-corrected chi connectivity index (χ2v) is 7.63. The Morgan fingerprint density at radius 1 is 1.05 bits per heavy atom. The van der Waals surface area contributed by atoms with Crippen LogP contribution in [0.25, 0.3) is 0 Å². The van der Waals surface area contributed by atoms with Gasteiger partial charge in [-0.1, -0.05) is 34.1 Å². The molecule has 0 N–H and O–H groups in total. The lowest BCUT2D eigenvalue weighted by Crippen LogP contribution is -2.34. The summed E-state index contributed by atoms with van der Waals surface area (Å²) < 4.78 is 0.886. The first kappa shape index (κ1) is 12.2. The van der Waals surface area contributed by atoms with Crippen molar-refractivity contribution >= 4 is 33.4 Å². The molecule has 2 bridgehead atoms. The summed E-state index contributed by atoms with van der Waals surface area (Å²) in [5, 5.41) is 0. The van der Waals surface area contributed by atoms with Gasteiger partial charge >= 0.3 is 0 Å². The maximum atomic E-state index is 12.9. The number of anilines is 1. The Morgan fingerprint density at radius 3 is 2.19 bits per heavy atom. The number of halogens is 1. The zero-order valence-corrected chi connectivity index (χ0v) is 12.9. The summed E-state index contributed by atoms with van der Waals surface area (Å²) in [6.45, 7) is 0. The minimum atomic E-state index is -0.117. The highest BCUT2D eigenvalue weighted by atomic mass is 79.9. The second-order valence-electron chi connectivity index (χ2n) is 6.71. The van der Waals surface area contributed by atoms with Crippen LogP contribution in [0.2, 0.25) is 0 Å². The van der Waals surface area contributed by atoms with E-state index in [0.717, 1.165) is 4.47 Å². The normalized spacial score (nSPS) is 37.7. The predicted molar refractivity (Wildman–Crippen MR) is 81.4 cm³/mol. The Balaban J connectivity index is 1.59. The van der Waals surface area contributed by atoms with Crippen LogP contribution in [0.5, 0.6) is 0 Å². The molecule has 1 aromatic rings. The molecule has 0 unspecified atom stereocenters. The Labute approximate surface area is 131 Å². The monoisotopic (exact) mass is 343 g/mol. The highest BCUT2D eigenvalue weighted by Crippen LogP contribution is 2.73. The highest BCUT2D eigenvalue weighted by Gasteiger charge is 2.73. The number of hydrogen-bond donors (Lipinski definition) is 0. The summed E-state index contributed by atoms with van der Waals surface area (Å²) >= 11 is 3.41. The number of nitrogens with zero attached hydrogens (tertiary/aromatic N) is 1. The molecule has 1 heterocycles. The minimum absolute atomic E-state index is 0.00576. The van der Waals surface area contributed by atoms with Crippen LogP contribution in [-0.4, -0.2) is 11.8 Å². The van der Waals surface area contributed by atoms with Gasteiger partial charge in [0, 0.05) is 4.47 Å². The lowest BCUT2D eigenvalue weighted by molar-refractivity contribution is -0.123. The molecule has 3 fully saturated rings. The number of fused-ring (bicyclic) bond motifs is 3. The molecule has 4 heteroatoms. The third-order valence-electron chi connectivity index (χ3n) is 5.92. The van der Waals surface area contributed by atoms with Gasteiger partial charge in [0.15, 0.2) is 0 Å². The number of amides is 2. The third kappa shape index (κ3) is 1.30. The van der Waals surface area contributed by atoms with E-state index in [4.69, 9.17) is 0 Å². The van der Waals surface area contributed by atoms with Gasteiger partial charge in [-0.2, -0.15) is 0 Å². The number of benzene rings is 1. The van der Waals surface area contributed by atoms with Crippen molar-refractivity contribution in [3.63, 3.8) is 0 Å². The molecule has 1 spiro atoms. The fourth-order valence-electron chi connectivity index (χ4n) is 4.95. The van der Waals surface area contributed by atoms with E-state index >= 15 is 0 Å². The van der Waals surface area contributed by atoms with Gasteiger partial charge in [0.2, 0.25) is 11.8 Å². The van der Waals surface area contributed by atoms with Gasteiger partial charge in [0.25, 0.3) is 0 Å². The molecular formula is C17H14BrNO2. The maximum absolute atomic E-state index is 12.9. The van der Waals surface area contributed by atoms with Gasteiger partial charge in [0.1, 0.15) is 0 Å². The molecule has 4 atom stereocenters. The molecule has 2 saturated carbocycles. The van der Waals surface area contributed by atoms with E-state index in [2.05, 4.69) is 28.1 Å². The van der Waals surface area contributed by atoms with Crippen molar-refractivity contribution < 1.29 is 9.59 Å². The van der Waals surface area contributed by atoms with Gasteiger partial charge in [-0.3, -0.25) is 9.59 Å². The number of carbonyl (C=O) groups is 2. The van der Waals surface area contributed by atoms with Crippen LogP contribution in [-0.2, 0) is 9.59 Å². The molecule has 1 aromatic carbocycles. The predicted octanol–water partition coefficient (Wildman–Crippen LogP) is 3.15. The van der Waals surface area contributed by atoms with Crippen LogP contribution < -0.4 is 4.90 Å². The highest BCUT2D eigenvalue weighted by molar-refractivity contribution is 9.10. The molecule has 0 radical (unpaired) electrons. The van der Waals surface area contributed by atoms with E-state index in [0.29, 0.717) is 17.5 Å². The fraction of sp³-hybridized carbons (Fsp3) is 0.412. The topological polar surface area (TPSA) is 37.4 Å². The molecular weight excluding hydrogens is 330 g/mol. The second kappa shape index (κ2) is 3.67. The first-order chi connectivity index (χ1) is 10.1. The molecule has 0 aromatic heterocycles. The average molecular weight is 344 g/mol. The summed E-state index contributed by atoms with van der Waals surface area (Å²) in [5.74, 6) is 0.364. The van der Waals surface area contributed by atoms with Crippen LogP contribution in [0.1, 0.15) is 12.8 Å². The standard InChI is InChI=1S/C17H14BrNO2/c18-9-2-1-3-10(8-9)19-15(20)13-11-4-5-12(14(13)16(19)21)17(11)6-7-17/h1-5,8,11-14H,6-7H2/t11-,12-,13-,14-/m0/s1. The fourth-order valence-corrected chi connectivity index (χ4v) is 5.34. The van der Waals surface area contributed by atoms with Crippen molar-refractivity contribution in [3.8, 4) is 0 Å². The van der Waals surface area contributed by atoms with E-state index < -0.39 is 0 Å². The van der Waals surface area contributed by atoms with Gasteiger partial charge in [0.05, 0.1) is 17.5 Å². The van der Waals surface area contributed by atoms with Gasteiger partial charge in [-0.15, -0.1) is 0 Å². The number of imide groups is 1. The molecule has 4 aliphatic rings. The SMILES string of the molecule is O=C1[C@@H]2[C@@H](C(=O)N1c1cccc(Br)c1)[C@@H]1C=C[C@@H]2C12CC2. The average Bonchev–Trinajstić information content (AvgIpc) is 3.05. The number of hydrogen-bond acceptors (Lipinski definition) is 2. The summed E-state index contributed by atoms with van der Waals surface area (Å²) in [4.78, 5) is 27.2. The Kier molecular flexibility index (Phi) is 2.12. The van der Waals surface area contributed by atoms with Crippen LogP contribution in [0.3, 0.4) is 0 Å². The smallest absolute Gasteiger partial charge is 0.238 e. The molecule has 3 aliphatic carbocycles. The molecule has 106 valence electrons. The van der Waals surface area contributed by atoms with Gasteiger partial charge in [-0.05, 0) is 48.3 Å². The van der Waals surface area contributed by atoms with Crippen molar-refractivity contribution in [2.75, 3.05) is 4.90 Å². The van der Waals surface area contributed by atoms with Crippen LogP contribution >= 0.6 is 15.9 Å². The van der Waals surface area contributed by atoms with Crippen LogP contribution in [0.4, 0.5) is 5.69 Å². The third-order valence-corrected chi connectivity index (χ3v) is 6.41. The lowest BCUT2D eigenvalue weighted by Gasteiger charge is -2.21. The molecule has 2 amide bonds. The first-order valence-corrected chi connectivity index (χ1v) is 8.24. The van der Waals surface area contributed by atoms with E-state index in [1.807, 2.05) is 24.3 Å². The maximum Gasteiger partial charge on any atom is 0.238 e. The largest absolute Gasteiger partial charge is 0.274 e. The van der Waals surface area contributed by atoms with Crippen LogP contribution in [0, 0.1) is 29.1 Å². The van der Waals surface area contributed by atoms with Crippen LogP contribution in [0.15, 0.2) is 40.9 Å². The number of carbonyl (C=O) groups excluding carboxylic acids is 2. The van der Waals surface area contributed by atoms with Crippen molar-refractivity contribution in [1.82, 2.24) is 0 Å². The van der Waals surface area contributed by atoms with Crippen molar-refractivity contribution in [2.24, 2.45) is 29.1 Å². The molecule has 21 heavy (non-hydrogen) atoms. The number of allylic oxidation sites excluding steroid dienone is 2. The van der Waals surface area contributed by atoms with Gasteiger partial charge < -0.3 is 0 Å². The zero-order chi connectivity index (χ0) is 14.4. The van der Waals surface area contributed by atoms with Crippen molar-refractivity contribution in [3.05, 3.63) is 40.9 Å². The molecule has 5 rings (SSSR count). The minimum Gasteiger partial charge on any atom is -0.274 e. The Bertz CT molecular complexity index is 687. The van der Waals surface area contributed by atoms with E-state index in [9.17, 15) is 9.59 Å². The molecule has 1 aliphatic heterocycles. The van der Waals surface area contributed by atoms with E-state index in [1.54, 1.807) is 0 Å². The lowest BCUT2D eigenvalue weighted by atomic mass is 9.85. The molecule has 3 nitrogen and oxygen atoms in total. The van der Waals surface area contributed by atoms with E-state index in [-0.39, 0.29) is 29.1 Å².